The summed E-state index contributed by atoms with van der Waals surface area (Å²) >= 11 is 0. The smallest absolute Gasteiger partial charge is 0.229 e. The predicted octanol–water partition coefficient (Wildman–Crippen LogP) is 1.97. The molecule has 0 spiro atoms. The fourth-order valence-electron chi connectivity index (χ4n) is 1.72. The number of nitrogens with zero attached hydrogens (tertiary/aromatic N) is 2. The molecule has 0 aliphatic heterocycles. The maximum absolute atomic E-state index is 13.0. The lowest BCUT2D eigenvalue weighted by molar-refractivity contribution is 0.324. The minimum Gasteiger partial charge on any atom is -0.493 e. The van der Waals surface area contributed by atoms with Gasteiger partial charge in [-0.1, -0.05) is 0 Å². The first-order valence-electron chi connectivity index (χ1n) is 5.94. The summed E-state index contributed by atoms with van der Waals surface area (Å²) in [6.45, 7) is 0. The Morgan fingerprint density at radius 3 is 2.19 bits per heavy atom. The Labute approximate surface area is 120 Å². The highest BCUT2D eigenvalue weighted by Gasteiger charge is 2.14. The molecule has 0 saturated carbocycles. The molecule has 21 heavy (non-hydrogen) atoms. The van der Waals surface area contributed by atoms with Crippen molar-refractivity contribution in [2.75, 3.05) is 32.4 Å². The molecule has 0 bridgehead atoms. The van der Waals surface area contributed by atoms with Crippen LogP contribution in [0.2, 0.25) is 0 Å². The highest BCUT2D eigenvalue weighted by atomic mass is 19.1. The van der Waals surface area contributed by atoms with Crippen LogP contribution >= 0.6 is 0 Å². The third-order valence-electron chi connectivity index (χ3n) is 2.69. The first-order valence-corrected chi connectivity index (χ1v) is 5.94. The van der Waals surface area contributed by atoms with Crippen LogP contribution in [-0.2, 0) is 0 Å². The summed E-state index contributed by atoms with van der Waals surface area (Å²) in [5.74, 6) is 0.641. The van der Waals surface area contributed by atoms with Gasteiger partial charge in [0.1, 0.15) is 0 Å². The number of hydrogen-bond acceptors (Lipinski definition) is 7. The zero-order valence-electron chi connectivity index (χ0n) is 11.8. The molecule has 0 aliphatic rings. The Bertz CT molecular complexity index is 626. The number of anilines is 3. The van der Waals surface area contributed by atoms with Gasteiger partial charge in [0.05, 0.1) is 27.5 Å². The van der Waals surface area contributed by atoms with E-state index >= 15 is 0 Å². The number of ether oxygens (including phenoxy) is 3. The van der Waals surface area contributed by atoms with E-state index in [0.29, 0.717) is 22.9 Å². The Kier molecular flexibility index (Phi) is 4.27. The Morgan fingerprint density at radius 1 is 1.10 bits per heavy atom. The fourth-order valence-corrected chi connectivity index (χ4v) is 1.72. The van der Waals surface area contributed by atoms with Crippen molar-refractivity contribution in [3.05, 3.63) is 24.1 Å². The van der Waals surface area contributed by atoms with Crippen LogP contribution in [0.3, 0.4) is 0 Å². The lowest BCUT2D eigenvalue weighted by atomic mass is 10.2. The standard InChI is InChI=1S/C13H15FN4O3/c1-19-9-4-7(5-10(20-2)11(9)21-3)17-13-16-6-8(14)12(15)18-13/h4-6H,1-3H3,(H3,15,16,17,18). The summed E-state index contributed by atoms with van der Waals surface area (Å²) in [5.41, 5.74) is 5.98. The summed E-state index contributed by atoms with van der Waals surface area (Å²) in [6.07, 6.45) is 0.989. The number of rotatable bonds is 5. The quantitative estimate of drug-likeness (QED) is 0.871. The number of nitrogens with one attached hydrogen (secondary N) is 1. The number of halogens is 1. The van der Waals surface area contributed by atoms with Gasteiger partial charge in [-0.05, 0) is 0 Å². The van der Waals surface area contributed by atoms with Crippen LogP contribution in [0.4, 0.5) is 21.8 Å². The molecule has 8 heteroatoms. The molecule has 1 aromatic carbocycles. The fraction of sp³-hybridized carbons (Fsp3) is 0.231. The van der Waals surface area contributed by atoms with Gasteiger partial charge >= 0.3 is 0 Å². The van der Waals surface area contributed by atoms with Gasteiger partial charge in [-0.3, -0.25) is 0 Å². The maximum Gasteiger partial charge on any atom is 0.229 e. The SMILES string of the molecule is COc1cc(Nc2ncc(F)c(N)n2)cc(OC)c1OC. The number of nitrogen functional groups attached to an aromatic ring is 1. The monoisotopic (exact) mass is 294 g/mol. The van der Waals surface area contributed by atoms with E-state index < -0.39 is 5.82 Å². The second-order valence-corrected chi connectivity index (χ2v) is 3.97. The van der Waals surface area contributed by atoms with Crippen LogP contribution in [0.15, 0.2) is 18.3 Å². The maximum atomic E-state index is 13.0. The highest BCUT2D eigenvalue weighted by Crippen LogP contribution is 2.40. The summed E-state index contributed by atoms with van der Waals surface area (Å²) in [6, 6.07) is 3.34. The Balaban J connectivity index is 2.37. The van der Waals surface area contributed by atoms with Crippen LogP contribution in [0.1, 0.15) is 0 Å². The molecule has 1 heterocycles. The van der Waals surface area contributed by atoms with Gasteiger partial charge < -0.3 is 25.3 Å². The van der Waals surface area contributed by atoms with Crippen molar-refractivity contribution in [1.29, 1.82) is 0 Å². The van der Waals surface area contributed by atoms with Crippen LogP contribution < -0.4 is 25.3 Å². The number of nitrogens with two attached hydrogens (primary N) is 1. The molecule has 2 aromatic rings. The lowest BCUT2D eigenvalue weighted by Crippen LogP contribution is -2.03. The first-order chi connectivity index (χ1) is 10.1. The van der Waals surface area contributed by atoms with E-state index in [2.05, 4.69) is 15.3 Å². The zero-order valence-corrected chi connectivity index (χ0v) is 11.8. The number of methoxy groups -OCH3 is 3. The van der Waals surface area contributed by atoms with Crippen molar-refractivity contribution in [1.82, 2.24) is 9.97 Å². The van der Waals surface area contributed by atoms with E-state index in [1.807, 2.05) is 0 Å². The normalized spacial score (nSPS) is 10.1. The second-order valence-electron chi connectivity index (χ2n) is 3.97. The predicted molar refractivity (Wildman–Crippen MR) is 75.8 cm³/mol. The Morgan fingerprint density at radius 2 is 1.71 bits per heavy atom. The number of hydrogen-bond donors (Lipinski definition) is 2. The highest BCUT2D eigenvalue weighted by molar-refractivity contribution is 5.65. The molecule has 0 aliphatic carbocycles. The second kappa shape index (κ2) is 6.12. The van der Waals surface area contributed by atoms with Gasteiger partial charge in [0.15, 0.2) is 23.1 Å². The van der Waals surface area contributed by atoms with Crippen LogP contribution in [-0.4, -0.2) is 31.3 Å². The van der Waals surface area contributed by atoms with Crippen LogP contribution in [0.5, 0.6) is 17.2 Å². The van der Waals surface area contributed by atoms with Crippen molar-refractivity contribution >= 4 is 17.5 Å². The third kappa shape index (κ3) is 3.04. The molecule has 2 rings (SSSR count). The van der Waals surface area contributed by atoms with Gasteiger partial charge in [0.25, 0.3) is 0 Å². The largest absolute Gasteiger partial charge is 0.493 e. The van der Waals surface area contributed by atoms with Crippen molar-refractivity contribution in [2.45, 2.75) is 0 Å². The van der Waals surface area contributed by atoms with E-state index in [4.69, 9.17) is 19.9 Å². The molecule has 3 N–H and O–H groups in total. The average Bonchev–Trinajstić information content (AvgIpc) is 2.49. The molecule has 0 radical (unpaired) electrons. The van der Waals surface area contributed by atoms with E-state index in [-0.39, 0.29) is 11.8 Å². The number of aromatic nitrogens is 2. The molecule has 0 saturated heterocycles. The molecule has 0 fully saturated rings. The molecule has 7 nitrogen and oxygen atoms in total. The van der Waals surface area contributed by atoms with E-state index in [1.165, 1.54) is 21.3 Å². The van der Waals surface area contributed by atoms with Crippen molar-refractivity contribution in [3.63, 3.8) is 0 Å². The zero-order chi connectivity index (χ0) is 15.4. The average molecular weight is 294 g/mol. The molecule has 0 atom stereocenters. The minimum atomic E-state index is -0.676. The van der Waals surface area contributed by atoms with E-state index in [9.17, 15) is 4.39 Å². The summed E-state index contributed by atoms with van der Waals surface area (Å²) < 4.78 is 28.7. The molecular weight excluding hydrogens is 279 g/mol. The third-order valence-corrected chi connectivity index (χ3v) is 2.69. The molecule has 0 unspecified atom stereocenters. The van der Waals surface area contributed by atoms with Crippen molar-refractivity contribution in [2.24, 2.45) is 0 Å². The van der Waals surface area contributed by atoms with Gasteiger partial charge in [-0.2, -0.15) is 4.98 Å². The molecule has 112 valence electrons. The molecule has 1 aromatic heterocycles. The van der Waals surface area contributed by atoms with Gasteiger partial charge in [0.2, 0.25) is 11.7 Å². The molecular formula is C13H15FN4O3. The Hall–Kier alpha value is -2.77. The van der Waals surface area contributed by atoms with Crippen molar-refractivity contribution < 1.29 is 18.6 Å². The van der Waals surface area contributed by atoms with Crippen LogP contribution in [0, 0.1) is 5.82 Å². The summed E-state index contributed by atoms with van der Waals surface area (Å²) in [5, 5.41) is 2.89. The molecule has 0 amide bonds. The van der Waals surface area contributed by atoms with Crippen LogP contribution in [0.25, 0.3) is 0 Å². The first kappa shape index (κ1) is 14.6. The topological polar surface area (TPSA) is 91.5 Å². The summed E-state index contributed by atoms with van der Waals surface area (Å²) in [4.78, 5) is 7.59. The van der Waals surface area contributed by atoms with Gasteiger partial charge in [0, 0.05) is 17.8 Å². The van der Waals surface area contributed by atoms with Gasteiger partial charge in [-0.25, -0.2) is 9.37 Å². The number of benzene rings is 1. The van der Waals surface area contributed by atoms with E-state index in [0.717, 1.165) is 6.20 Å². The van der Waals surface area contributed by atoms with E-state index in [1.54, 1.807) is 12.1 Å². The van der Waals surface area contributed by atoms with Gasteiger partial charge in [-0.15, -0.1) is 0 Å². The minimum absolute atomic E-state index is 0.156. The summed E-state index contributed by atoms with van der Waals surface area (Å²) in [7, 11) is 4.53. The lowest BCUT2D eigenvalue weighted by Gasteiger charge is -2.14. The van der Waals surface area contributed by atoms with Crippen molar-refractivity contribution in [3.8, 4) is 17.2 Å².